The minimum atomic E-state index is -0.0951. The molecule has 0 radical (unpaired) electrons. The number of rotatable bonds is 8. The smallest absolute Gasteiger partial charge is 0.220 e. The van der Waals surface area contributed by atoms with Crippen LogP contribution in [-0.2, 0) is 11.3 Å². The minimum Gasteiger partial charge on any atom is -0.493 e. The number of ether oxygens (including phenoxy) is 2. The Morgan fingerprint density at radius 2 is 1.92 bits per heavy atom. The van der Waals surface area contributed by atoms with Crippen molar-refractivity contribution < 1.29 is 14.3 Å². The van der Waals surface area contributed by atoms with Crippen molar-refractivity contribution in [1.29, 1.82) is 0 Å². The monoisotopic (exact) mass is 345 g/mol. The number of hydrogen-bond acceptors (Lipinski definition) is 4. The van der Waals surface area contributed by atoms with E-state index in [1.54, 1.807) is 20.4 Å². The summed E-state index contributed by atoms with van der Waals surface area (Å²) in [6, 6.07) is 3.76. The number of aromatic nitrogens is 2. The van der Waals surface area contributed by atoms with Crippen molar-refractivity contribution in [2.24, 2.45) is 0 Å². The van der Waals surface area contributed by atoms with Gasteiger partial charge < -0.3 is 19.4 Å². The highest BCUT2D eigenvalue weighted by atomic mass is 16.5. The molecule has 0 saturated carbocycles. The van der Waals surface area contributed by atoms with Gasteiger partial charge in [-0.25, -0.2) is 4.98 Å². The van der Waals surface area contributed by atoms with E-state index < -0.39 is 0 Å². The third-order valence-electron chi connectivity index (χ3n) is 4.34. The predicted molar refractivity (Wildman–Crippen MR) is 97.0 cm³/mol. The van der Waals surface area contributed by atoms with Gasteiger partial charge in [0, 0.05) is 25.4 Å². The molecule has 0 aliphatic heterocycles. The third kappa shape index (κ3) is 4.75. The molecule has 136 valence electrons. The van der Waals surface area contributed by atoms with Crippen LogP contribution >= 0.6 is 0 Å². The number of aryl methyl sites for hydroxylation is 3. The normalized spacial score (nSPS) is 11.9. The van der Waals surface area contributed by atoms with Gasteiger partial charge in [-0.2, -0.15) is 0 Å². The molecule has 1 amide bonds. The number of benzene rings is 1. The Morgan fingerprint density at radius 1 is 1.24 bits per heavy atom. The van der Waals surface area contributed by atoms with E-state index in [2.05, 4.69) is 14.9 Å². The topological polar surface area (TPSA) is 65.4 Å². The molecule has 0 aliphatic carbocycles. The molecule has 0 fully saturated rings. The number of methoxy groups -OCH3 is 2. The molecule has 1 aromatic carbocycles. The first-order valence-electron chi connectivity index (χ1n) is 8.45. The van der Waals surface area contributed by atoms with E-state index in [0.29, 0.717) is 17.9 Å². The van der Waals surface area contributed by atoms with Crippen LogP contribution in [0.4, 0.5) is 0 Å². The lowest BCUT2D eigenvalue weighted by atomic mass is 10.0. The van der Waals surface area contributed by atoms with Crippen LogP contribution in [0.25, 0.3) is 0 Å². The van der Waals surface area contributed by atoms with Crippen molar-refractivity contribution in [2.45, 2.75) is 46.2 Å². The molecule has 1 atom stereocenters. The Morgan fingerprint density at radius 3 is 2.52 bits per heavy atom. The number of amides is 1. The standard InChI is InChI=1S/C19H27N3O3/c1-13-11-17(24-4)18(25-5)12-16(13)14(2)21-19(23)7-6-9-22-10-8-20-15(22)3/h8,10-12,14H,6-7,9H2,1-5H3,(H,21,23)/t14-/m1/s1. The molecule has 1 heterocycles. The van der Waals surface area contributed by atoms with Crippen LogP contribution in [0, 0.1) is 13.8 Å². The maximum atomic E-state index is 12.2. The molecule has 0 unspecified atom stereocenters. The number of imidazole rings is 1. The predicted octanol–water partition coefficient (Wildman–Crippen LogP) is 3.17. The summed E-state index contributed by atoms with van der Waals surface area (Å²) in [4.78, 5) is 16.4. The highest BCUT2D eigenvalue weighted by molar-refractivity contribution is 5.76. The van der Waals surface area contributed by atoms with Gasteiger partial charge in [-0.3, -0.25) is 4.79 Å². The van der Waals surface area contributed by atoms with E-state index >= 15 is 0 Å². The molecule has 1 N–H and O–H groups in total. The highest BCUT2D eigenvalue weighted by Gasteiger charge is 2.15. The second-order valence-electron chi connectivity index (χ2n) is 6.12. The van der Waals surface area contributed by atoms with Gasteiger partial charge in [-0.1, -0.05) is 0 Å². The average Bonchev–Trinajstić information content (AvgIpc) is 2.99. The number of hydrogen-bond donors (Lipinski definition) is 1. The fourth-order valence-corrected chi connectivity index (χ4v) is 2.90. The van der Waals surface area contributed by atoms with Gasteiger partial charge >= 0.3 is 0 Å². The molecule has 25 heavy (non-hydrogen) atoms. The zero-order valence-corrected chi connectivity index (χ0v) is 15.6. The lowest BCUT2D eigenvalue weighted by Crippen LogP contribution is -2.27. The van der Waals surface area contributed by atoms with E-state index in [1.165, 1.54) is 0 Å². The summed E-state index contributed by atoms with van der Waals surface area (Å²) in [5.41, 5.74) is 2.08. The van der Waals surface area contributed by atoms with Gasteiger partial charge in [0.05, 0.1) is 20.3 Å². The van der Waals surface area contributed by atoms with Crippen LogP contribution in [0.15, 0.2) is 24.5 Å². The summed E-state index contributed by atoms with van der Waals surface area (Å²) in [6.45, 7) is 6.74. The van der Waals surface area contributed by atoms with E-state index in [1.807, 2.05) is 39.1 Å². The first-order chi connectivity index (χ1) is 12.0. The van der Waals surface area contributed by atoms with Crippen molar-refractivity contribution in [2.75, 3.05) is 14.2 Å². The Kier molecular flexibility index (Phi) is 6.44. The summed E-state index contributed by atoms with van der Waals surface area (Å²) in [5.74, 6) is 2.37. The maximum Gasteiger partial charge on any atom is 0.220 e. The molecular weight excluding hydrogens is 318 g/mol. The molecule has 0 bridgehead atoms. The third-order valence-corrected chi connectivity index (χ3v) is 4.34. The van der Waals surface area contributed by atoms with Crippen LogP contribution in [0.2, 0.25) is 0 Å². The van der Waals surface area contributed by atoms with Gasteiger partial charge in [-0.15, -0.1) is 0 Å². The van der Waals surface area contributed by atoms with Gasteiger partial charge in [0.25, 0.3) is 0 Å². The first-order valence-corrected chi connectivity index (χ1v) is 8.45. The number of nitrogens with one attached hydrogen (secondary N) is 1. The Balaban J connectivity index is 1.93. The lowest BCUT2D eigenvalue weighted by molar-refractivity contribution is -0.121. The second-order valence-corrected chi connectivity index (χ2v) is 6.12. The van der Waals surface area contributed by atoms with Gasteiger partial charge in [-0.05, 0) is 50.5 Å². The SMILES string of the molecule is COc1cc(C)c([C@@H](C)NC(=O)CCCn2ccnc2C)cc1OC. The maximum absolute atomic E-state index is 12.2. The van der Waals surface area contributed by atoms with Crippen molar-refractivity contribution in [3.63, 3.8) is 0 Å². The van der Waals surface area contributed by atoms with Crippen molar-refractivity contribution in [1.82, 2.24) is 14.9 Å². The molecule has 6 nitrogen and oxygen atoms in total. The number of carbonyl (C=O) groups is 1. The molecular formula is C19H27N3O3. The Bertz CT molecular complexity index is 725. The van der Waals surface area contributed by atoms with Gasteiger partial charge in [0.2, 0.25) is 5.91 Å². The zero-order valence-electron chi connectivity index (χ0n) is 15.6. The van der Waals surface area contributed by atoms with Crippen molar-refractivity contribution in [3.8, 4) is 11.5 Å². The largest absolute Gasteiger partial charge is 0.493 e. The second kappa shape index (κ2) is 8.55. The van der Waals surface area contributed by atoms with Crippen LogP contribution in [0.1, 0.15) is 42.8 Å². The van der Waals surface area contributed by atoms with Crippen LogP contribution in [-0.4, -0.2) is 29.7 Å². The van der Waals surface area contributed by atoms with E-state index in [-0.39, 0.29) is 11.9 Å². The molecule has 0 saturated heterocycles. The average molecular weight is 345 g/mol. The van der Waals surface area contributed by atoms with E-state index in [0.717, 1.165) is 29.9 Å². The summed E-state index contributed by atoms with van der Waals surface area (Å²) in [5, 5.41) is 3.06. The summed E-state index contributed by atoms with van der Waals surface area (Å²) < 4.78 is 12.7. The van der Waals surface area contributed by atoms with Gasteiger partial charge in [0.1, 0.15) is 5.82 Å². The molecule has 2 rings (SSSR count). The quantitative estimate of drug-likeness (QED) is 0.798. The molecule has 0 spiro atoms. The molecule has 6 heteroatoms. The fraction of sp³-hybridized carbons (Fsp3) is 0.474. The summed E-state index contributed by atoms with van der Waals surface area (Å²) in [7, 11) is 3.22. The molecule has 0 aliphatic rings. The lowest BCUT2D eigenvalue weighted by Gasteiger charge is -2.19. The summed E-state index contributed by atoms with van der Waals surface area (Å²) in [6.07, 6.45) is 4.97. The van der Waals surface area contributed by atoms with Crippen LogP contribution in [0.3, 0.4) is 0 Å². The van der Waals surface area contributed by atoms with Crippen LogP contribution < -0.4 is 14.8 Å². The van der Waals surface area contributed by atoms with Crippen molar-refractivity contribution in [3.05, 3.63) is 41.5 Å². The number of nitrogens with zero attached hydrogens (tertiary/aromatic N) is 2. The number of carbonyl (C=O) groups excluding carboxylic acids is 1. The summed E-state index contributed by atoms with van der Waals surface area (Å²) >= 11 is 0. The molecule has 2 aromatic rings. The highest BCUT2D eigenvalue weighted by Crippen LogP contribution is 2.32. The molecule has 1 aromatic heterocycles. The Hall–Kier alpha value is -2.50. The Labute approximate surface area is 149 Å². The zero-order chi connectivity index (χ0) is 18.4. The van der Waals surface area contributed by atoms with Crippen molar-refractivity contribution >= 4 is 5.91 Å². The fourth-order valence-electron chi connectivity index (χ4n) is 2.90. The van der Waals surface area contributed by atoms with Crippen LogP contribution in [0.5, 0.6) is 11.5 Å². The minimum absolute atomic E-state index is 0.0412. The van der Waals surface area contributed by atoms with E-state index in [4.69, 9.17) is 9.47 Å². The van der Waals surface area contributed by atoms with E-state index in [9.17, 15) is 4.79 Å². The van der Waals surface area contributed by atoms with Gasteiger partial charge in [0.15, 0.2) is 11.5 Å². The first kappa shape index (κ1) is 18.8.